The van der Waals surface area contributed by atoms with Gasteiger partial charge in [-0.05, 0) is 26.0 Å². The summed E-state index contributed by atoms with van der Waals surface area (Å²) in [6, 6.07) is 7.04. The molecule has 5 rings (SSSR count). The topological polar surface area (TPSA) is 50.7 Å². The molecule has 0 amide bonds. The zero-order valence-corrected chi connectivity index (χ0v) is 16.9. The maximum Gasteiger partial charge on any atom is 0.225 e. The summed E-state index contributed by atoms with van der Waals surface area (Å²) in [6.07, 6.45) is 0.966. The smallest absolute Gasteiger partial charge is 0.225 e. The van der Waals surface area contributed by atoms with Crippen LogP contribution in [0.2, 0.25) is 0 Å². The van der Waals surface area contributed by atoms with E-state index < -0.39 is 0 Å². The molecule has 1 spiro atoms. The fourth-order valence-electron chi connectivity index (χ4n) is 4.79. The lowest BCUT2D eigenvalue weighted by atomic mass is 9.80. The predicted octanol–water partition coefficient (Wildman–Crippen LogP) is 2.43. The molecule has 0 N–H and O–H groups in total. The van der Waals surface area contributed by atoms with Crippen LogP contribution >= 0.6 is 0 Å². The molecule has 6 nitrogen and oxygen atoms in total. The number of nitrogens with zero attached hydrogens (tertiary/aromatic N) is 4. The van der Waals surface area contributed by atoms with E-state index in [9.17, 15) is 4.39 Å². The molecule has 2 fully saturated rings. The average molecular weight is 398 g/mol. The second-order valence-electron chi connectivity index (χ2n) is 8.36. The van der Waals surface area contributed by atoms with Gasteiger partial charge in [0.05, 0.1) is 37.5 Å². The summed E-state index contributed by atoms with van der Waals surface area (Å²) in [5.41, 5.74) is 3.86. The van der Waals surface area contributed by atoms with Gasteiger partial charge in [0.2, 0.25) is 5.95 Å². The first-order chi connectivity index (χ1) is 14.1. The zero-order valence-electron chi connectivity index (χ0n) is 16.9. The second-order valence-corrected chi connectivity index (χ2v) is 8.36. The van der Waals surface area contributed by atoms with Crippen molar-refractivity contribution in [2.24, 2.45) is 0 Å². The number of rotatable bonds is 3. The van der Waals surface area contributed by atoms with Crippen LogP contribution < -0.4 is 4.90 Å². The number of hydrogen-bond donors (Lipinski definition) is 0. The summed E-state index contributed by atoms with van der Waals surface area (Å²) in [5, 5.41) is 0. The van der Waals surface area contributed by atoms with Crippen LogP contribution in [0.25, 0.3) is 0 Å². The summed E-state index contributed by atoms with van der Waals surface area (Å²) in [6.45, 7) is 8.70. The van der Waals surface area contributed by atoms with Crippen LogP contribution in [0.5, 0.6) is 0 Å². The maximum atomic E-state index is 14.1. The Morgan fingerprint density at radius 2 is 1.93 bits per heavy atom. The Morgan fingerprint density at radius 1 is 1.10 bits per heavy atom. The van der Waals surface area contributed by atoms with E-state index in [2.05, 4.69) is 16.7 Å². The minimum Gasteiger partial charge on any atom is -0.378 e. The van der Waals surface area contributed by atoms with Crippen molar-refractivity contribution in [1.29, 1.82) is 0 Å². The summed E-state index contributed by atoms with van der Waals surface area (Å²) < 4.78 is 25.6. The Kier molecular flexibility index (Phi) is 4.97. The van der Waals surface area contributed by atoms with Gasteiger partial charge in [-0.2, -0.15) is 0 Å². The van der Waals surface area contributed by atoms with Crippen molar-refractivity contribution in [3.8, 4) is 0 Å². The molecular formula is C22H27FN4O2. The Labute approximate surface area is 170 Å². The van der Waals surface area contributed by atoms with Crippen LogP contribution in [0.1, 0.15) is 28.9 Å². The van der Waals surface area contributed by atoms with Crippen LogP contribution in [0.4, 0.5) is 10.3 Å². The van der Waals surface area contributed by atoms with E-state index >= 15 is 0 Å². The van der Waals surface area contributed by atoms with Gasteiger partial charge < -0.3 is 14.4 Å². The monoisotopic (exact) mass is 398 g/mol. The van der Waals surface area contributed by atoms with Gasteiger partial charge in [-0.25, -0.2) is 14.4 Å². The molecule has 1 atom stereocenters. The van der Waals surface area contributed by atoms with Gasteiger partial charge in [0.25, 0.3) is 0 Å². The van der Waals surface area contributed by atoms with Crippen LogP contribution in [0, 0.1) is 12.7 Å². The Morgan fingerprint density at radius 3 is 2.76 bits per heavy atom. The van der Waals surface area contributed by atoms with E-state index in [4.69, 9.17) is 19.4 Å². The fraction of sp³-hybridized carbons (Fsp3) is 0.545. The van der Waals surface area contributed by atoms with Crippen LogP contribution in [0.3, 0.4) is 0 Å². The average Bonchev–Trinajstić information content (AvgIpc) is 3.14. The van der Waals surface area contributed by atoms with Gasteiger partial charge in [0, 0.05) is 43.0 Å². The largest absolute Gasteiger partial charge is 0.378 e. The van der Waals surface area contributed by atoms with Gasteiger partial charge in [-0.1, -0.05) is 18.2 Å². The lowest BCUT2D eigenvalue weighted by Crippen LogP contribution is -2.42. The van der Waals surface area contributed by atoms with Crippen molar-refractivity contribution in [2.45, 2.75) is 31.9 Å². The minimum atomic E-state index is -0.145. The van der Waals surface area contributed by atoms with Crippen LogP contribution in [-0.4, -0.2) is 60.9 Å². The van der Waals surface area contributed by atoms with Crippen molar-refractivity contribution in [2.75, 3.05) is 50.9 Å². The standard InChI is InChI=1S/C22H27FN4O2/c1-16-18-13-29-15-22(20(18)25-21(24-16)27-8-10-28-11-9-27)6-7-26(14-22)12-17-4-2-3-5-19(17)23/h2-5H,6-15H2,1H3/t22-/m1/s1. The highest BCUT2D eigenvalue weighted by molar-refractivity contribution is 5.42. The molecule has 2 aromatic rings. The first-order valence-corrected chi connectivity index (χ1v) is 10.4. The number of fused-ring (bicyclic) bond motifs is 2. The van der Waals surface area contributed by atoms with Gasteiger partial charge in [0.1, 0.15) is 5.82 Å². The molecule has 0 bridgehead atoms. The molecule has 1 aromatic carbocycles. The molecule has 0 aliphatic carbocycles. The molecule has 3 aliphatic heterocycles. The van der Waals surface area contributed by atoms with E-state index in [-0.39, 0.29) is 11.2 Å². The highest BCUT2D eigenvalue weighted by Gasteiger charge is 2.45. The first-order valence-electron chi connectivity index (χ1n) is 10.4. The minimum absolute atomic E-state index is 0.137. The fourth-order valence-corrected chi connectivity index (χ4v) is 4.79. The third-order valence-corrected chi connectivity index (χ3v) is 6.41. The van der Waals surface area contributed by atoms with Crippen LogP contribution in [0.15, 0.2) is 24.3 Å². The molecule has 29 heavy (non-hydrogen) atoms. The lowest BCUT2D eigenvalue weighted by molar-refractivity contribution is 0.0496. The molecule has 2 saturated heterocycles. The molecule has 0 radical (unpaired) electrons. The molecule has 1 aromatic heterocycles. The Bertz CT molecular complexity index is 902. The number of likely N-dealkylation sites (tertiary alicyclic amines) is 1. The van der Waals surface area contributed by atoms with Gasteiger partial charge in [-0.15, -0.1) is 0 Å². The van der Waals surface area contributed by atoms with E-state index in [1.165, 1.54) is 6.07 Å². The number of anilines is 1. The quantitative estimate of drug-likeness (QED) is 0.792. The van der Waals surface area contributed by atoms with Gasteiger partial charge in [-0.3, -0.25) is 4.90 Å². The lowest BCUT2D eigenvalue weighted by Gasteiger charge is -2.36. The van der Waals surface area contributed by atoms with E-state index in [1.54, 1.807) is 6.07 Å². The third-order valence-electron chi connectivity index (χ3n) is 6.41. The first kappa shape index (κ1) is 18.9. The highest BCUT2D eigenvalue weighted by Crippen LogP contribution is 2.41. The van der Waals surface area contributed by atoms with Crippen molar-refractivity contribution >= 4 is 5.95 Å². The number of ether oxygens (including phenoxy) is 2. The third kappa shape index (κ3) is 3.52. The second kappa shape index (κ2) is 7.63. The molecule has 0 saturated carbocycles. The number of hydrogen-bond acceptors (Lipinski definition) is 6. The van der Waals surface area contributed by atoms with Crippen molar-refractivity contribution in [1.82, 2.24) is 14.9 Å². The Hall–Kier alpha value is -2.09. The van der Waals surface area contributed by atoms with Crippen LogP contribution in [-0.2, 0) is 28.0 Å². The number of aromatic nitrogens is 2. The van der Waals surface area contributed by atoms with E-state index in [1.807, 2.05) is 12.1 Å². The predicted molar refractivity (Wildman–Crippen MR) is 107 cm³/mol. The molecule has 4 heterocycles. The zero-order chi connectivity index (χ0) is 19.8. The van der Waals surface area contributed by atoms with Crippen molar-refractivity contribution in [3.63, 3.8) is 0 Å². The summed E-state index contributed by atoms with van der Waals surface area (Å²) in [5.74, 6) is 0.667. The van der Waals surface area contributed by atoms with Crippen molar-refractivity contribution in [3.05, 3.63) is 52.6 Å². The highest BCUT2D eigenvalue weighted by atomic mass is 19.1. The molecular weight excluding hydrogens is 371 g/mol. The maximum absolute atomic E-state index is 14.1. The van der Waals surface area contributed by atoms with Gasteiger partial charge in [0.15, 0.2) is 0 Å². The normalized spacial score (nSPS) is 24.8. The SMILES string of the molecule is Cc1nc(N2CCOCC2)nc2c1COC[C@]21CCN(Cc2ccccc2F)C1. The number of morpholine rings is 1. The Balaban J connectivity index is 1.44. The van der Waals surface area contributed by atoms with Gasteiger partial charge >= 0.3 is 0 Å². The van der Waals surface area contributed by atoms with E-state index in [0.717, 1.165) is 61.1 Å². The number of benzene rings is 1. The molecule has 3 aliphatic rings. The number of halogens is 1. The molecule has 7 heteroatoms. The number of aryl methyl sites for hydroxylation is 1. The summed E-state index contributed by atoms with van der Waals surface area (Å²) in [7, 11) is 0. The van der Waals surface area contributed by atoms with Crippen molar-refractivity contribution < 1.29 is 13.9 Å². The molecule has 0 unspecified atom stereocenters. The molecule has 154 valence electrons. The summed E-state index contributed by atoms with van der Waals surface area (Å²) in [4.78, 5) is 14.4. The van der Waals surface area contributed by atoms with E-state index in [0.29, 0.717) is 33.0 Å². The summed E-state index contributed by atoms with van der Waals surface area (Å²) >= 11 is 0.